The van der Waals surface area contributed by atoms with Crippen LogP contribution in [0.2, 0.25) is 0 Å². The number of rotatable bonds is 5. The quantitative estimate of drug-likeness (QED) is 0.740. The maximum atomic E-state index is 12.5. The number of nitrogens with zero attached hydrogens (tertiary/aromatic N) is 2. The monoisotopic (exact) mass is 453 g/mol. The normalized spacial score (nSPS) is 20.5. The van der Waals surface area contributed by atoms with Crippen LogP contribution in [0.4, 0.5) is 18.3 Å². The topological polar surface area (TPSA) is 89.0 Å². The van der Waals surface area contributed by atoms with E-state index in [0.29, 0.717) is 10.8 Å². The third-order valence-corrected chi connectivity index (χ3v) is 8.53. The summed E-state index contributed by atoms with van der Waals surface area (Å²) in [6.07, 6.45) is -4.59. The minimum Gasteiger partial charge on any atom is -0.302 e. The van der Waals surface area contributed by atoms with Gasteiger partial charge in [0.1, 0.15) is 5.75 Å². The standard InChI is InChI=1S/C16H18F3N3O3S3/c1-8-13(27-9(2)20-8)12-6-26-15(21-12)22-14(23)10-3-4-11(5-10)28(24,25)7-16(17,18)19/h6,10-11H,3-5,7H2,1-2H3,(H,21,22,23)/t10-,11-/m0/s1. The minimum atomic E-state index is -4.77. The maximum absolute atomic E-state index is 12.5. The van der Waals surface area contributed by atoms with Crippen LogP contribution in [0.5, 0.6) is 0 Å². The Morgan fingerprint density at radius 1 is 1.29 bits per heavy atom. The molecule has 3 rings (SSSR count). The number of amides is 1. The molecule has 1 aliphatic carbocycles. The van der Waals surface area contributed by atoms with Crippen LogP contribution in [0.1, 0.15) is 30.0 Å². The van der Waals surface area contributed by atoms with Gasteiger partial charge in [0.2, 0.25) is 5.91 Å². The van der Waals surface area contributed by atoms with E-state index in [1.807, 2.05) is 13.8 Å². The van der Waals surface area contributed by atoms with E-state index in [9.17, 15) is 26.4 Å². The van der Waals surface area contributed by atoms with Gasteiger partial charge in [0, 0.05) is 11.3 Å². The van der Waals surface area contributed by atoms with Gasteiger partial charge in [0.25, 0.3) is 0 Å². The van der Waals surface area contributed by atoms with Crippen LogP contribution in [0.25, 0.3) is 10.6 Å². The highest BCUT2D eigenvalue weighted by molar-refractivity contribution is 7.92. The van der Waals surface area contributed by atoms with Crippen molar-refractivity contribution in [2.24, 2.45) is 5.92 Å². The van der Waals surface area contributed by atoms with E-state index in [0.717, 1.165) is 15.6 Å². The van der Waals surface area contributed by atoms with Crippen LogP contribution >= 0.6 is 22.7 Å². The molecule has 2 aromatic heterocycles. The highest BCUT2D eigenvalue weighted by atomic mass is 32.2. The van der Waals surface area contributed by atoms with Gasteiger partial charge in [-0.3, -0.25) is 4.79 Å². The first-order chi connectivity index (χ1) is 12.9. The third-order valence-electron chi connectivity index (χ3n) is 4.50. The Morgan fingerprint density at radius 2 is 2.00 bits per heavy atom. The van der Waals surface area contributed by atoms with Gasteiger partial charge < -0.3 is 5.32 Å². The molecule has 0 unspecified atom stereocenters. The summed E-state index contributed by atoms with van der Waals surface area (Å²) in [6.45, 7) is 3.76. The zero-order valence-electron chi connectivity index (χ0n) is 15.0. The lowest BCUT2D eigenvalue weighted by molar-refractivity contribution is -0.119. The van der Waals surface area contributed by atoms with Crippen molar-refractivity contribution in [2.75, 3.05) is 11.1 Å². The van der Waals surface area contributed by atoms with E-state index in [1.165, 1.54) is 22.7 Å². The number of hydrogen-bond donors (Lipinski definition) is 1. The molecule has 1 N–H and O–H groups in total. The lowest BCUT2D eigenvalue weighted by Crippen LogP contribution is -2.31. The molecule has 2 aromatic rings. The molecule has 2 heterocycles. The first kappa shape index (κ1) is 21.2. The Kier molecular flexibility index (Phi) is 5.84. The molecular weight excluding hydrogens is 435 g/mol. The molecule has 6 nitrogen and oxygen atoms in total. The number of aryl methyl sites for hydroxylation is 2. The summed E-state index contributed by atoms with van der Waals surface area (Å²) in [5, 5.41) is 4.58. The van der Waals surface area contributed by atoms with Gasteiger partial charge in [-0.25, -0.2) is 18.4 Å². The van der Waals surface area contributed by atoms with Crippen molar-refractivity contribution in [3.63, 3.8) is 0 Å². The van der Waals surface area contributed by atoms with E-state index in [-0.39, 0.29) is 19.3 Å². The van der Waals surface area contributed by atoms with Crippen LogP contribution in [0.3, 0.4) is 0 Å². The number of aromatic nitrogens is 2. The molecule has 154 valence electrons. The van der Waals surface area contributed by atoms with Gasteiger partial charge in [-0.05, 0) is 33.1 Å². The zero-order chi connectivity index (χ0) is 20.7. The van der Waals surface area contributed by atoms with E-state index in [2.05, 4.69) is 15.3 Å². The second-order valence-electron chi connectivity index (χ2n) is 6.73. The summed E-state index contributed by atoms with van der Waals surface area (Å²) in [5.74, 6) is -2.90. The molecule has 0 saturated heterocycles. The molecule has 28 heavy (non-hydrogen) atoms. The number of nitrogens with one attached hydrogen (secondary N) is 1. The molecule has 12 heteroatoms. The van der Waals surface area contributed by atoms with Crippen molar-refractivity contribution >= 4 is 43.5 Å². The number of anilines is 1. The lowest BCUT2D eigenvalue weighted by atomic mass is 10.1. The summed E-state index contributed by atoms with van der Waals surface area (Å²) in [7, 11) is -4.31. The van der Waals surface area contributed by atoms with Gasteiger partial charge in [0.05, 0.1) is 26.5 Å². The molecule has 1 amide bonds. The van der Waals surface area contributed by atoms with Gasteiger partial charge in [0.15, 0.2) is 15.0 Å². The Balaban J connectivity index is 1.63. The summed E-state index contributed by atoms with van der Waals surface area (Å²) in [6, 6.07) is 0. The zero-order valence-corrected chi connectivity index (χ0v) is 17.5. The minimum absolute atomic E-state index is 0.0545. The fraction of sp³-hybridized carbons (Fsp3) is 0.562. The van der Waals surface area contributed by atoms with Crippen molar-refractivity contribution in [3.8, 4) is 10.6 Å². The largest absolute Gasteiger partial charge is 0.402 e. The second kappa shape index (κ2) is 7.71. The molecule has 0 aromatic carbocycles. The molecule has 0 bridgehead atoms. The number of halogens is 3. The number of alkyl halides is 3. The average Bonchev–Trinajstić information content (AvgIpc) is 3.24. The number of carbonyl (C=O) groups excluding carboxylic acids is 1. The third kappa shape index (κ3) is 4.90. The number of hydrogen-bond acceptors (Lipinski definition) is 7. The molecule has 0 aliphatic heterocycles. The smallest absolute Gasteiger partial charge is 0.302 e. The van der Waals surface area contributed by atoms with E-state index in [1.54, 1.807) is 5.38 Å². The lowest BCUT2D eigenvalue weighted by Gasteiger charge is -2.13. The second-order valence-corrected chi connectivity index (χ2v) is 11.1. The van der Waals surface area contributed by atoms with Crippen LogP contribution in [0.15, 0.2) is 5.38 Å². The predicted octanol–water partition coefficient (Wildman–Crippen LogP) is 3.97. The Morgan fingerprint density at radius 3 is 2.61 bits per heavy atom. The van der Waals surface area contributed by atoms with E-state index < -0.39 is 38.8 Å². The molecule has 0 radical (unpaired) electrons. The van der Waals surface area contributed by atoms with Gasteiger partial charge in [-0.2, -0.15) is 13.2 Å². The van der Waals surface area contributed by atoms with Crippen LogP contribution in [-0.2, 0) is 14.6 Å². The highest BCUT2D eigenvalue weighted by Crippen LogP contribution is 2.35. The number of sulfone groups is 1. The van der Waals surface area contributed by atoms with Gasteiger partial charge in [-0.15, -0.1) is 22.7 Å². The number of carbonyl (C=O) groups is 1. The van der Waals surface area contributed by atoms with Crippen molar-refractivity contribution in [1.82, 2.24) is 9.97 Å². The molecule has 2 atom stereocenters. The van der Waals surface area contributed by atoms with Crippen LogP contribution < -0.4 is 5.32 Å². The van der Waals surface area contributed by atoms with E-state index >= 15 is 0 Å². The first-order valence-corrected chi connectivity index (χ1v) is 11.8. The van der Waals surface area contributed by atoms with E-state index in [4.69, 9.17) is 0 Å². The van der Waals surface area contributed by atoms with Crippen molar-refractivity contribution in [1.29, 1.82) is 0 Å². The summed E-state index contributed by atoms with van der Waals surface area (Å²) >= 11 is 2.73. The van der Waals surface area contributed by atoms with Crippen LogP contribution in [0, 0.1) is 19.8 Å². The predicted molar refractivity (Wildman–Crippen MR) is 102 cm³/mol. The molecule has 0 spiro atoms. The Hall–Kier alpha value is -1.53. The number of thiazole rings is 2. The molecular formula is C16H18F3N3O3S3. The Labute approximate surface area is 168 Å². The van der Waals surface area contributed by atoms with Gasteiger partial charge in [-0.1, -0.05) is 0 Å². The molecule has 1 saturated carbocycles. The van der Waals surface area contributed by atoms with Crippen LogP contribution in [-0.4, -0.2) is 41.5 Å². The van der Waals surface area contributed by atoms with Crippen molar-refractivity contribution in [3.05, 3.63) is 16.1 Å². The van der Waals surface area contributed by atoms with Gasteiger partial charge >= 0.3 is 6.18 Å². The summed E-state index contributed by atoms with van der Waals surface area (Å²) < 4.78 is 61.2. The average molecular weight is 454 g/mol. The SMILES string of the molecule is Cc1nc(C)c(-c2csc(NC(=O)[C@H]3CC[C@H](S(=O)(=O)CC(F)(F)F)C3)n2)s1. The highest BCUT2D eigenvalue weighted by Gasteiger charge is 2.43. The fourth-order valence-corrected chi connectivity index (χ4v) is 6.63. The maximum Gasteiger partial charge on any atom is 0.402 e. The Bertz CT molecular complexity index is 982. The summed E-state index contributed by atoms with van der Waals surface area (Å²) in [4.78, 5) is 22.0. The molecule has 1 aliphatic rings. The summed E-state index contributed by atoms with van der Waals surface area (Å²) in [5.41, 5.74) is 1.54. The van der Waals surface area contributed by atoms with Crippen molar-refractivity contribution < 1.29 is 26.4 Å². The molecule has 1 fully saturated rings. The van der Waals surface area contributed by atoms with Crippen molar-refractivity contribution in [2.45, 2.75) is 44.5 Å². The fourth-order valence-electron chi connectivity index (χ4n) is 3.26. The first-order valence-electron chi connectivity index (χ1n) is 8.44.